The SMILES string of the molecule is C=C(/N=N\NN)c1cccc(C(=O)N2CCc3c([nH]c4ccccc34)C2c2cccc(Cl)c2Cl)c1. The van der Waals surface area contributed by atoms with Crippen LogP contribution in [0.5, 0.6) is 0 Å². The lowest BCUT2D eigenvalue weighted by Crippen LogP contribution is -2.40. The quantitative estimate of drug-likeness (QED) is 0.175. The van der Waals surface area contributed by atoms with Gasteiger partial charge in [0.05, 0.1) is 21.8 Å². The predicted octanol–water partition coefficient (Wildman–Crippen LogP) is 6.06. The van der Waals surface area contributed by atoms with Gasteiger partial charge in [-0.3, -0.25) is 4.79 Å². The van der Waals surface area contributed by atoms with Crippen LogP contribution in [0.25, 0.3) is 16.6 Å². The number of hydrazine groups is 1. The first-order chi connectivity index (χ1) is 17.0. The molecule has 2 heterocycles. The topological polar surface area (TPSA) is 98.9 Å². The molecule has 0 radical (unpaired) electrons. The Morgan fingerprint density at radius 3 is 2.69 bits per heavy atom. The summed E-state index contributed by atoms with van der Waals surface area (Å²) in [5.74, 6) is 5.02. The van der Waals surface area contributed by atoms with Gasteiger partial charge in [-0.15, -0.1) is 5.11 Å². The zero-order chi connectivity index (χ0) is 24.5. The van der Waals surface area contributed by atoms with Crippen LogP contribution < -0.4 is 11.4 Å². The van der Waals surface area contributed by atoms with E-state index >= 15 is 0 Å². The standard InChI is InChI=1S/C26H22Cl2N6O/c1-15(31-33-32-29)16-6-4-7-17(14-16)26(35)34-13-12-19-18-8-2-3-11-22(18)30-24(19)25(34)20-9-5-10-21(27)23(20)28/h2-11,14,25,30H,1,12-13H2,(H2,29,33)(H,31,32). The zero-order valence-electron chi connectivity index (χ0n) is 18.6. The van der Waals surface area contributed by atoms with Crippen molar-refractivity contribution in [1.82, 2.24) is 15.4 Å². The molecule has 1 aromatic heterocycles. The Balaban J connectivity index is 1.61. The fourth-order valence-electron chi connectivity index (χ4n) is 4.66. The van der Waals surface area contributed by atoms with Crippen LogP contribution in [0.4, 0.5) is 0 Å². The lowest BCUT2D eigenvalue weighted by atomic mass is 9.91. The number of carbonyl (C=O) groups is 1. The molecule has 0 spiro atoms. The second-order valence-corrected chi connectivity index (χ2v) is 9.00. The monoisotopic (exact) mass is 504 g/mol. The molecule has 0 aliphatic carbocycles. The number of hydrogen-bond donors (Lipinski definition) is 3. The van der Waals surface area contributed by atoms with Gasteiger partial charge in [-0.25, -0.2) is 11.4 Å². The van der Waals surface area contributed by atoms with E-state index in [1.165, 1.54) is 5.56 Å². The highest BCUT2D eigenvalue weighted by molar-refractivity contribution is 6.42. The highest BCUT2D eigenvalue weighted by atomic mass is 35.5. The first-order valence-electron chi connectivity index (χ1n) is 11.0. The Morgan fingerprint density at radius 2 is 1.86 bits per heavy atom. The van der Waals surface area contributed by atoms with Gasteiger partial charge in [0.25, 0.3) is 5.91 Å². The van der Waals surface area contributed by atoms with Crippen LogP contribution in [-0.4, -0.2) is 22.3 Å². The number of aromatic nitrogens is 1. The number of nitrogens with one attached hydrogen (secondary N) is 2. The van der Waals surface area contributed by atoms with Gasteiger partial charge in [0.15, 0.2) is 0 Å². The van der Waals surface area contributed by atoms with E-state index in [9.17, 15) is 4.79 Å². The number of amides is 1. The molecule has 1 aliphatic heterocycles. The number of aromatic amines is 1. The van der Waals surface area contributed by atoms with Gasteiger partial charge in [-0.2, -0.15) is 0 Å². The third-order valence-corrected chi connectivity index (χ3v) is 7.08. The van der Waals surface area contributed by atoms with Crippen molar-refractivity contribution in [3.05, 3.63) is 111 Å². The molecular formula is C26H22Cl2N6O. The Bertz CT molecular complexity index is 1480. The number of fused-ring (bicyclic) bond motifs is 3. The zero-order valence-corrected chi connectivity index (χ0v) is 20.1. The summed E-state index contributed by atoms with van der Waals surface area (Å²) in [7, 11) is 0. The Labute approximate surface area is 212 Å². The number of halogens is 2. The summed E-state index contributed by atoms with van der Waals surface area (Å²) >= 11 is 13.1. The molecule has 0 bridgehead atoms. The normalized spacial score (nSPS) is 15.4. The van der Waals surface area contributed by atoms with Crippen molar-refractivity contribution in [2.45, 2.75) is 12.5 Å². The third kappa shape index (κ3) is 4.18. The fraction of sp³-hybridized carbons (Fsp3) is 0.115. The molecule has 0 fully saturated rings. The first kappa shape index (κ1) is 23.1. The Hall–Kier alpha value is -3.65. The van der Waals surface area contributed by atoms with Gasteiger partial charge >= 0.3 is 0 Å². The highest BCUT2D eigenvalue weighted by Crippen LogP contribution is 2.42. The number of benzene rings is 3. The van der Waals surface area contributed by atoms with Gasteiger partial charge in [0.1, 0.15) is 0 Å². The Kier molecular flexibility index (Phi) is 6.30. The third-order valence-electron chi connectivity index (χ3n) is 6.24. The predicted molar refractivity (Wildman–Crippen MR) is 139 cm³/mol. The average Bonchev–Trinajstić information content (AvgIpc) is 3.27. The number of rotatable bonds is 5. The van der Waals surface area contributed by atoms with Crippen molar-refractivity contribution in [2.75, 3.05) is 6.54 Å². The van der Waals surface area contributed by atoms with Crippen molar-refractivity contribution < 1.29 is 4.79 Å². The molecule has 176 valence electrons. The molecular weight excluding hydrogens is 483 g/mol. The molecule has 0 saturated carbocycles. The molecule has 4 N–H and O–H groups in total. The smallest absolute Gasteiger partial charge is 0.254 e. The molecule has 7 nitrogen and oxygen atoms in total. The van der Waals surface area contributed by atoms with E-state index in [2.05, 4.69) is 33.5 Å². The van der Waals surface area contributed by atoms with Crippen LogP contribution in [0.2, 0.25) is 10.0 Å². The number of hydrogen-bond acceptors (Lipinski definition) is 4. The van der Waals surface area contributed by atoms with Crippen LogP contribution in [0.1, 0.15) is 38.8 Å². The molecule has 3 aromatic carbocycles. The van der Waals surface area contributed by atoms with Crippen molar-refractivity contribution in [1.29, 1.82) is 0 Å². The summed E-state index contributed by atoms with van der Waals surface area (Å²) in [6.07, 6.45) is 0.711. The number of carbonyl (C=O) groups excluding carboxylic acids is 1. The van der Waals surface area contributed by atoms with E-state index in [0.717, 1.165) is 22.2 Å². The van der Waals surface area contributed by atoms with Crippen LogP contribution >= 0.6 is 23.2 Å². The average molecular weight is 505 g/mol. The minimum atomic E-state index is -0.433. The second-order valence-electron chi connectivity index (χ2n) is 8.21. The summed E-state index contributed by atoms with van der Waals surface area (Å²) in [6, 6.07) is 20.3. The summed E-state index contributed by atoms with van der Waals surface area (Å²) < 4.78 is 0. The van der Waals surface area contributed by atoms with Gasteiger partial charge in [-0.1, -0.05) is 77.5 Å². The summed E-state index contributed by atoms with van der Waals surface area (Å²) in [5.41, 5.74) is 7.56. The van der Waals surface area contributed by atoms with Crippen molar-refractivity contribution >= 4 is 45.7 Å². The van der Waals surface area contributed by atoms with E-state index in [0.29, 0.717) is 39.8 Å². The van der Waals surface area contributed by atoms with E-state index < -0.39 is 6.04 Å². The summed E-state index contributed by atoms with van der Waals surface area (Å²) in [4.78, 5) is 19.3. The van der Waals surface area contributed by atoms with Gasteiger partial charge in [0.2, 0.25) is 0 Å². The van der Waals surface area contributed by atoms with Gasteiger partial charge < -0.3 is 9.88 Å². The number of nitrogens with two attached hydrogens (primary N) is 1. The molecule has 1 aliphatic rings. The first-order valence-corrected chi connectivity index (χ1v) is 11.7. The minimum Gasteiger partial charge on any atom is -0.356 e. The van der Waals surface area contributed by atoms with Crippen molar-refractivity contribution in [2.24, 2.45) is 16.2 Å². The number of H-pyrrole nitrogens is 1. The molecule has 1 atom stereocenters. The lowest BCUT2D eigenvalue weighted by molar-refractivity contribution is 0.0692. The van der Waals surface area contributed by atoms with E-state index in [1.54, 1.807) is 24.3 Å². The van der Waals surface area contributed by atoms with Crippen LogP contribution in [0.3, 0.4) is 0 Å². The maximum atomic E-state index is 13.9. The minimum absolute atomic E-state index is 0.140. The second kappa shape index (κ2) is 9.54. The molecule has 4 aromatic rings. The van der Waals surface area contributed by atoms with Crippen molar-refractivity contribution in [3.63, 3.8) is 0 Å². The van der Waals surface area contributed by atoms with Crippen LogP contribution in [0, 0.1) is 0 Å². The van der Waals surface area contributed by atoms with E-state index in [4.69, 9.17) is 29.0 Å². The maximum absolute atomic E-state index is 13.9. The molecule has 35 heavy (non-hydrogen) atoms. The molecule has 5 rings (SSSR count). The largest absolute Gasteiger partial charge is 0.356 e. The molecule has 0 saturated heterocycles. The lowest BCUT2D eigenvalue weighted by Gasteiger charge is -2.37. The van der Waals surface area contributed by atoms with Crippen LogP contribution in [0.15, 0.2) is 83.6 Å². The van der Waals surface area contributed by atoms with Crippen LogP contribution in [-0.2, 0) is 6.42 Å². The number of para-hydroxylation sites is 1. The highest BCUT2D eigenvalue weighted by Gasteiger charge is 2.36. The summed E-state index contributed by atoms with van der Waals surface area (Å²) in [6.45, 7) is 4.41. The van der Waals surface area contributed by atoms with E-state index in [-0.39, 0.29) is 5.91 Å². The van der Waals surface area contributed by atoms with Gasteiger partial charge in [-0.05, 0) is 36.2 Å². The maximum Gasteiger partial charge on any atom is 0.254 e. The van der Waals surface area contributed by atoms with Crippen molar-refractivity contribution in [3.8, 4) is 0 Å². The molecule has 1 amide bonds. The van der Waals surface area contributed by atoms with E-state index in [1.807, 2.05) is 41.3 Å². The molecule has 9 heteroatoms. The Morgan fingerprint density at radius 1 is 1.09 bits per heavy atom. The molecule has 1 unspecified atom stereocenters. The van der Waals surface area contributed by atoms with Gasteiger partial charge in [0, 0.05) is 39.8 Å². The summed E-state index contributed by atoms with van der Waals surface area (Å²) in [5, 5.41) is 9.47. The fourth-order valence-corrected chi connectivity index (χ4v) is 5.07. The number of nitrogens with zero attached hydrogens (tertiary/aromatic N) is 3.